The smallest absolute Gasteiger partial charge is 0.183 e. The fourth-order valence-electron chi connectivity index (χ4n) is 3.70. The molecule has 1 saturated carbocycles. The summed E-state index contributed by atoms with van der Waals surface area (Å²) in [6.45, 7) is 9.12. The summed E-state index contributed by atoms with van der Waals surface area (Å²) in [5, 5.41) is 3.08. The fraction of sp³-hybridized carbons (Fsp3) is 0.647. The van der Waals surface area contributed by atoms with Crippen molar-refractivity contribution in [1.29, 1.82) is 0 Å². The molecule has 0 heterocycles. The van der Waals surface area contributed by atoms with Crippen LogP contribution in [0.2, 0.25) is 0 Å². The Labute approximate surface area is 129 Å². The first-order valence-corrected chi connectivity index (χ1v) is 9.44. The molecular weight excluding hydrogens is 282 g/mol. The number of hydrogen-bond acceptors (Lipinski definition) is 3. The van der Waals surface area contributed by atoms with Crippen molar-refractivity contribution in [2.75, 3.05) is 6.54 Å². The van der Waals surface area contributed by atoms with Crippen LogP contribution in [0.15, 0.2) is 29.2 Å². The van der Waals surface area contributed by atoms with Crippen molar-refractivity contribution < 1.29 is 8.42 Å². The maximum Gasteiger partial charge on any atom is 0.183 e. The third-order valence-electron chi connectivity index (χ3n) is 4.56. The lowest BCUT2D eigenvalue weighted by Gasteiger charge is -2.39. The molecule has 4 unspecified atom stereocenters. The van der Waals surface area contributed by atoms with Gasteiger partial charge in [-0.2, -0.15) is 0 Å². The van der Waals surface area contributed by atoms with Crippen LogP contribution in [0.25, 0.3) is 0 Å². The standard InChI is InChI=1S/C17H27NO2S/c1-5-18-16-11-13(3)10-14(4)17(16)21(19,20)15-8-6-12(2)7-9-15/h6-9,13-14,16-18H,5,10-11H2,1-4H3. The maximum atomic E-state index is 13.1. The van der Waals surface area contributed by atoms with Gasteiger partial charge in [-0.15, -0.1) is 0 Å². The van der Waals surface area contributed by atoms with E-state index in [1.165, 1.54) is 0 Å². The molecule has 21 heavy (non-hydrogen) atoms. The molecule has 1 aromatic carbocycles. The minimum Gasteiger partial charge on any atom is -0.313 e. The SMILES string of the molecule is CCNC1CC(C)CC(C)C1S(=O)(=O)c1ccc(C)cc1. The van der Waals surface area contributed by atoms with Crippen LogP contribution in [-0.4, -0.2) is 26.3 Å². The molecule has 0 radical (unpaired) electrons. The highest BCUT2D eigenvalue weighted by Crippen LogP contribution is 2.36. The Kier molecular flexibility index (Phi) is 5.10. The van der Waals surface area contributed by atoms with Gasteiger partial charge < -0.3 is 5.32 Å². The zero-order valence-corrected chi connectivity index (χ0v) is 14.3. The average Bonchev–Trinajstić information content (AvgIpc) is 2.38. The van der Waals surface area contributed by atoms with E-state index in [1.807, 2.05) is 26.0 Å². The van der Waals surface area contributed by atoms with E-state index >= 15 is 0 Å². The van der Waals surface area contributed by atoms with Gasteiger partial charge in [-0.1, -0.05) is 38.5 Å². The molecule has 0 spiro atoms. The molecule has 0 aliphatic heterocycles. The lowest BCUT2D eigenvalue weighted by molar-refractivity contribution is 0.244. The van der Waals surface area contributed by atoms with Gasteiger partial charge in [-0.25, -0.2) is 8.42 Å². The van der Waals surface area contributed by atoms with Crippen molar-refractivity contribution in [3.63, 3.8) is 0 Å². The van der Waals surface area contributed by atoms with Gasteiger partial charge in [-0.05, 0) is 50.3 Å². The van der Waals surface area contributed by atoms with Gasteiger partial charge in [0.15, 0.2) is 9.84 Å². The molecule has 0 aromatic heterocycles. The minimum absolute atomic E-state index is 0.0556. The zero-order valence-electron chi connectivity index (χ0n) is 13.5. The van der Waals surface area contributed by atoms with E-state index < -0.39 is 9.84 Å². The molecule has 118 valence electrons. The fourth-order valence-corrected chi connectivity index (χ4v) is 5.89. The van der Waals surface area contributed by atoms with Crippen molar-refractivity contribution >= 4 is 9.84 Å². The van der Waals surface area contributed by atoms with Gasteiger partial charge in [0.2, 0.25) is 0 Å². The summed E-state index contributed by atoms with van der Waals surface area (Å²) >= 11 is 0. The van der Waals surface area contributed by atoms with Crippen molar-refractivity contribution in [3.05, 3.63) is 29.8 Å². The number of nitrogens with one attached hydrogen (secondary N) is 1. The highest BCUT2D eigenvalue weighted by atomic mass is 32.2. The molecule has 1 aliphatic rings. The molecular formula is C17H27NO2S. The Morgan fingerprint density at radius 2 is 1.76 bits per heavy atom. The second kappa shape index (κ2) is 6.49. The van der Waals surface area contributed by atoms with Crippen LogP contribution < -0.4 is 5.32 Å². The van der Waals surface area contributed by atoms with Crippen LogP contribution in [0.4, 0.5) is 0 Å². The Bertz CT molecular complexity index is 565. The summed E-state index contributed by atoms with van der Waals surface area (Å²) in [6, 6.07) is 7.31. The second-order valence-electron chi connectivity index (χ2n) is 6.54. The maximum absolute atomic E-state index is 13.1. The van der Waals surface area contributed by atoms with Crippen molar-refractivity contribution in [2.24, 2.45) is 11.8 Å². The van der Waals surface area contributed by atoms with Crippen LogP contribution in [0, 0.1) is 18.8 Å². The van der Waals surface area contributed by atoms with Gasteiger partial charge in [0.05, 0.1) is 10.1 Å². The summed E-state index contributed by atoms with van der Waals surface area (Å²) in [4.78, 5) is 0.461. The molecule has 1 fully saturated rings. The highest BCUT2D eigenvalue weighted by molar-refractivity contribution is 7.92. The number of benzene rings is 1. The van der Waals surface area contributed by atoms with Crippen LogP contribution in [-0.2, 0) is 9.84 Å². The van der Waals surface area contributed by atoms with Gasteiger partial charge in [0.1, 0.15) is 0 Å². The van der Waals surface area contributed by atoms with Gasteiger partial charge in [0, 0.05) is 6.04 Å². The molecule has 1 aromatic rings. The number of rotatable bonds is 4. The van der Waals surface area contributed by atoms with E-state index in [-0.39, 0.29) is 17.2 Å². The van der Waals surface area contributed by atoms with Crippen LogP contribution in [0.5, 0.6) is 0 Å². The first-order valence-electron chi connectivity index (χ1n) is 7.90. The molecule has 0 bridgehead atoms. The largest absolute Gasteiger partial charge is 0.313 e. The van der Waals surface area contributed by atoms with Crippen LogP contribution in [0.3, 0.4) is 0 Å². The number of aryl methyl sites for hydroxylation is 1. The van der Waals surface area contributed by atoms with E-state index in [4.69, 9.17) is 0 Å². The molecule has 4 atom stereocenters. The van der Waals surface area contributed by atoms with E-state index in [9.17, 15) is 8.42 Å². The van der Waals surface area contributed by atoms with E-state index in [1.54, 1.807) is 12.1 Å². The molecule has 0 amide bonds. The van der Waals surface area contributed by atoms with E-state index in [0.717, 1.165) is 24.9 Å². The highest BCUT2D eigenvalue weighted by Gasteiger charge is 2.42. The number of hydrogen-bond donors (Lipinski definition) is 1. The van der Waals surface area contributed by atoms with Gasteiger partial charge >= 0.3 is 0 Å². The van der Waals surface area contributed by atoms with E-state index in [2.05, 4.69) is 19.2 Å². The normalized spacial score (nSPS) is 30.3. The summed E-state index contributed by atoms with van der Waals surface area (Å²) < 4.78 is 26.1. The lowest BCUT2D eigenvalue weighted by atomic mass is 9.80. The molecule has 3 nitrogen and oxygen atoms in total. The summed E-state index contributed by atoms with van der Waals surface area (Å²) in [7, 11) is -3.29. The van der Waals surface area contributed by atoms with Crippen LogP contribution in [0.1, 0.15) is 39.2 Å². The Hall–Kier alpha value is -0.870. The zero-order chi connectivity index (χ0) is 15.6. The molecule has 1 aliphatic carbocycles. The van der Waals surface area contributed by atoms with Crippen molar-refractivity contribution in [3.8, 4) is 0 Å². The lowest BCUT2D eigenvalue weighted by Crippen LogP contribution is -2.51. The first kappa shape index (κ1) is 16.5. The predicted molar refractivity (Wildman–Crippen MR) is 87.2 cm³/mol. The summed E-state index contributed by atoms with van der Waals surface area (Å²) in [5.41, 5.74) is 1.09. The topological polar surface area (TPSA) is 46.2 Å². The van der Waals surface area contributed by atoms with E-state index in [0.29, 0.717) is 10.8 Å². The minimum atomic E-state index is -3.29. The molecule has 4 heteroatoms. The second-order valence-corrected chi connectivity index (χ2v) is 8.65. The summed E-state index contributed by atoms with van der Waals surface area (Å²) in [6.07, 6.45) is 1.92. The molecule has 2 rings (SSSR count). The van der Waals surface area contributed by atoms with Gasteiger partial charge in [-0.3, -0.25) is 0 Å². The Balaban J connectivity index is 2.37. The Morgan fingerprint density at radius 3 is 2.33 bits per heavy atom. The Morgan fingerprint density at radius 1 is 1.14 bits per heavy atom. The monoisotopic (exact) mass is 309 g/mol. The quantitative estimate of drug-likeness (QED) is 0.929. The third kappa shape index (κ3) is 3.49. The van der Waals surface area contributed by atoms with Crippen molar-refractivity contribution in [2.45, 2.75) is 56.7 Å². The van der Waals surface area contributed by atoms with Crippen molar-refractivity contribution in [1.82, 2.24) is 5.32 Å². The molecule has 0 saturated heterocycles. The first-order chi connectivity index (χ1) is 9.86. The molecule has 1 N–H and O–H groups in total. The van der Waals surface area contributed by atoms with Gasteiger partial charge in [0.25, 0.3) is 0 Å². The average molecular weight is 309 g/mol. The van der Waals surface area contributed by atoms with Crippen LogP contribution >= 0.6 is 0 Å². The number of sulfone groups is 1. The predicted octanol–water partition coefficient (Wildman–Crippen LogP) is 3.18. The third-order valence-corrected chi connectivity index (χ3v) is 7.00. The summed E-state index contributed by atoms with van der Waals surface area (Å²) in [5.74, 6) is 0.762.